The van der Waals surface area contributed by atoms with Crippen molar-refractivity contribution in [3.05, 3.63) is 16.0 Å². The number of nitrogens with zero attached hydrogens (tertiary/aromatic N) is 2. The number of ether oxygens (including phenoxy) is 1. The van der Waals surface area contributed by atoms with Crippen LogP contribution in [0, 0.1) is 0 Å². The molecule has 2 rings (SSSR count). The molecule has 1 fully saturated rings. The number of anilines is 1. The molecule has 1 saturated heterocycles. The van der Waals surface area contributed by atoms with Gasteiger partial charge in [-0.25, -0.2) is 9.97 Å². The van der Waals surface area contributed by atoms with Gasteiger partial charge in [0.1, 0.15) is 11.6 Å². The van der Waals surface area contributed by atoms with Gasteiger partial charge in [0.25, 0.3) is 0 Å². The topological polar surface area (TPSA) is 47.0 Å². The van der Waals surface area contributed by atoms with Crippen LogP contribution >= 0.6 is 15.9 Å². The van der Waals surface area contributed by atoms with E-state index in [0.717, 1.165) is 60.8 Å². The molecular formula is C16H26BrN3O. The lowest BCUT2D eigenvalue weighted by atomic mass is 9.91. The lowest BCUT2D eigenvalue weighted by molar-refractivity contribution is 0.0779. The lowest BCUT2D eigenvalue weighted by Gasteiger charge is -2.26. The summed E-state index contributed by atoms with van der Waals surface area (Å²) in [6, 6.07) is 0. The van der Waals surface area contributed by atoms with E-state index in [1.54, 1.807) is 0 Å². The second-order valence-corrected chi connectivity index (χ2v) is 7.48. The van der Waals surface area contributed by atoms with Crippen molar-refractivity contribution in [3.8, 4) is 0 Å². The van der Waals surface area contributed by atoms with Crippen LogP contribution in [0.4, 0.5) is 5.82 Å². The Hall–Kier alpha value is -0.680. The molecule has 0 amide bonds. The Balaban J connectivity index is 2.39. The van der Waals surface area contributed by atoms with Crippen LogP contribution in [0.3, 0.4) is 0 Å². The van der Waals surface area contributed by atoms with Crippen LogP contribution in [0.2, 0.25) is 0 Å². The second-order valence-electron chi connectivity index (χ2n) is 6.68. The summed E-state index contributed by atoms with van der Waals surface area (Å²) in [7, 11) is 0. The van der Waals surface area contributed by atoms with Crippen molar-refractivity contribution in [2.24, 2.45) is 0 Å². The first-order chi connectivity index (χ1) is 9.93. The SMILES string of the molecule is CCCNc1nc(C2CCCOC2)nc(C(C)(C)C)c1Br. The first-order valence-electron chi connectivity index (χ1n) is 7.83. The average Bonchev–Trinajstić information content (AvgIpc) is 2.46. The molecule has 1 aliphatic rings. The van der Waals surface area contributed by atoms with E-state index in [9.17, 15) is 0 Å². The van der Waals surface area contributed by atoms with E-state index < -0.39 is 0 Å². The van der Waals surface area contributed by atoms with Crippen LogP contribution < -0.4 is 5.32 Å². The minimum absolute atomic E-state index is 0.0192. The van der Waals surface area contributed by atoms with Crippen LogP contribution in [-0.4, -0.2) is 29.7 Å². The summed E-state index contributed by atoms with van der Waals surface area (Å²) < 4.78 is 6.59. The molecule has 21 heavy (non-hydrogen) atoms. The van der Waals surface area contributed by atoms with Crippen LogP contribution in [0.5, 0.6) is 0 Å². The van der Waals surface area contributed by atoms with Gasteiger partial charge < -0.3 is 10.1 Å². The Kier molecular flexibility index (Phi) is 5.60. The molecule has 1 aromatic heterocycles. The van der Waals surface area contributed by atoms with Gasteiger partial charge in [0.05, 0.1) is 16.8 Å². The van der Waals surface area contributed by atoms with E-state index >= 15 is 0 Å². The van der Waals surface area contributed by atoms with Crippen molar-refractivity contribution < 1.29 is 4.74 Å². The molecule has 118 valence electrons. The number of aromatic nitrogens is 2. The van der Waals surface area contributed by atoms with Crippen molar-refractivity contribution in [1.82, 2.24) is 9.97 Å². The highest BCUT2D eigenvalue weighted by Crippen LogP contribution is 2.35. The Labute approximate surface area is 136 Å². The van der Waals surface area contributed by atoms with Gasteiger partial charge in [-0.2, -0.15) is 0 Å². The third-order valence-corrected chi connectivity index (χ3v) is 4.40. The van der Waals surface area contributed by atoms with Gasteiger partial charge in [-0.05, 0) is 35.2 Å². The van der Waals surface area contributed by atoms with E-state index in [1.807, 2.05) is 0 Å². The van der Waals surface area contributed by atoms with Crippen LogP contribution in [-0.2, 0) is 10.2 Å². The fourth-order valence-corrected chi connectivity index (χ4v) is 3.36. The molecule has 0 aliphatic carbocycles. The molecule has 0 aromatic carbocycles. The standard InChI is InChI=1S/C16H26BrN3O/c1-5-8-18-15-12(17)13(16(2,3)4)19-14(20-15)11-7-6-9-21-10-11/h11H,5-10H2,1-4H3,(H,18,19,20). The number of rotatable bonds is 4. The minimum atomic E-state index is -0.0192. The summed E-state index contributed by atoms with van der Waals surface area (Å²) in [5.74, 6) is 2.15. The van der Waals surface area contributed by atoms with Gasteiger partial charge in [-0.15, -0.1) is 0 Å². The molecule has 1 atom stereocenters. The molecule has 1 aliphatic heterocycles. The molecule has 2 heterocycles. The lowest BCUT2D eigenvalue weighted by Crippen LogP contribution is -2.23. The maximum atomic E-state index is 5.60. The highest BCUT2D eigenvalue weighted by Gasteiger charge is 2.26. The summed E-state index contributed by atoms with van der Waals surface area (Å²) in [5.41, 5.74) is 1.05. The van der Waals surface area contributed by atoms with E-state index in [0.29, 0.717) is 5.92 Å². The van der Waals surface area contributed by atoms with E-state index in [1.165, 1.54) is 0 Å². The molecule has 1 aromatic rings. The molecule has 0 bridgehead atoms. The average molecular weight is 356 g/mol. The Bertz CT molecular complexity index is 479. The van der Waals surface area contributed by atoms with Crippen LogP contribution in [0.15, 0.2) is 4.47 Å². The van der Waals surface area contributed by atoms with Crippen molar-refractivity contribution in [2.75, 3.05) is 25.1 Å². The molecule has 1 unspecified atom stereocenters. The highest BCUT2D eigenvalue weighted by molar-refractivity contribution is 9.10. The molecule has 0 spiro atoms. The predicted molar refractivity (Wildman–Crippen MR) is 90.0 cm³/mol. The zero-order valence-corrected chi connectivity index (χ0v) is 15.1. The molecule has 1 N–H and O–H groups in total. The molecule has 0 radical (unpaired) electrons. The van der Waals surface area contributed by atoms with E-state index in [2.05, 4.69) is 48.9 Å². The van der Waals surface area contributed by atoms with E-state index in [4.69, 9.17) is 14.7 Å². The van der Waals surface area contributed by atoms with E-state index in [-0.39, 0.29) is 5.41 Å². The van der Waals surface area contributed by atoms with Gasteiger partial charge in [-0.3, -0.25) is 0 Å². The van der Waals surface area contributed by atoms with Crippen LogP contribution in [0.25, 0.3) is 0 Å². The molecular weight excluding hydrogens is 330 g/mol. The number of halogens is 1. The summed E-state index contributed by atoms with van der Waals surface area (Å²) >= 11 is 3.69. The number of hydrogen-bond acceptors (Lipinski definition) is 4. The first-order valence-corrected chi connectivity index (χ1v) is 8.62. The fraction of sp³-hybridized carbons (Fsp3) is 0.750. The first kappa shape index (κ1) is 16.7. The zero-order valence-electron chi connectivity index (χ0n) is 13.5. The third kappa shape index (κ3) is 4.16. The zero-order chi connectivity index (χ0) is 15.5. The monoisotopic (exact) mass is 355 g/mol. The van der Waals surface area contributed by atoms with Crippen LogP contribution in [0.1, 0.15) is 64.4 Å². The fourth-order valence-electron chi connectivity index (χ4n) is 2.45. The van der Waals surface area contributed by atoms with Crippen molar-refractivity contribution in [3.63, 3.8) is 0 Å². The van der Waals surface area contributed by atoms with Crippen molar-refractivity contribution in [2.45, 2.75) is 58.3 Å². The molecule has 0 saturated carbocycles. The minimum Gasteiger partial charge on any atom is -0.381 e. The maximum absolute atomic E-state index is 5.60. The quantitative estimate of drug-likeness (QED) is 0.876. The largest absolute Gasteiger partial charge is 0.381 e. The number of hydrogen-bond donors (Lipinski definition) is 1. The molecule has 5 heteroatoms. The van der Waals surface area contributed by atoms with Gasteiger partial charge in [-0.1, -0.05) is 27.7 Å². The third-order valence-electron chi connectivity index (χ3n) is 3.65. The maximum Gasteiger partial charge on any atom is 0.144 e. The van der Waals surface area contributed by atoms with Crippen molar-refractivity contribution >= 4 is 21.7 Å². The van der Waals surface area contributed by atoms with Crippen molar-refractivity contribution in [1.29, 1.82) is 0 Å². The molecule has 4 nitrogen and oxygen atoms in total. The second kappa shape index (κ2) is 7.05. The van der Waals surface area contributed by atoms with Gasteiger partial charge >= 0.3 is 0 Å². The smallest absolute Gasteiger partial charge is 0.144 e. The summed E-state index contributed by atoms with van der Waals surface area (Å²) in [6.45, 7) is 11.2. The Morgan fingerprint density at radius 2 is 2.10 bits per heavy atom. The highest BCUT2D eigenvalue weighted by atomic mass is 79.9. The number of nitrogens with one attached hydrogen (secondary N) is 1. The summed E-state index contributed by atoms with van der Waals surface area (Å²) in [6.07, 6.45) is 3.27. The Morgan fingerprint density at radius 1 is 1.33 bits per heavy atom. The summed E-state index contributed by atoms with van der Waals surface area (Å²) in [4.78, 5) is 9.62. The normalized spacial score (nSPS) is 19.6. The van der Waals surface area contributed by atoms with Gasteiger partial charge in [0, 0.05) is 24.5 Å². The Morgan fingerprint density at radius 3 is 2.67 bits per heavy atom. The van der Waals surface area contributed by atoms with Gasteiger partial charge in [0.2, 0.25) is 0 Å². The van der Waals surface area contributed by atoms with Gasteiger partial charge in [0.15, 0.2) is 0 Å². The summed E-state index contributed by atoms with van der Waals surface area (Å²) in [5, 5.41) is 3.42. The predicted octanol–water partition coefficient (Wildman–Crippen LogP) is 4.25.